The predicted octanol–water partition coefficient (Wildman–Crippen LogP) is 3.26. The van der Waals surface area contributed by atoms with Gasteiger partial charge < -0.3 is 15.0 Å². The molecule has 22 heavy (non-hydrogen) atoms. The van der Waals surface area contributed by atoms with Gasteiger partial charge in [-0.3, -0.25) is 4.99 Å². The van der Waals surface area contributed by atoms with Crippen molar-refractivity contribution in [3.8, 4) is 0 Å². The molecule has 0 radical (unpaired) electrons. The molecule has 1 aliphatic heterocycles. The van der Waals surface area contributed by atoms with Crippen LogP contribution in [0.5, 0.6) is 0 Å². The zero-order valence-corrected chi connectivity index (χ0v) is 16.6. The van der Waals surface area contributed by atoms with E-state index in [0.717, 1.165) is 38.0 Å². The standard InChI is InChI=1S/C17H31N3O.HI/c1-4-21-15-11-14(17(15)8-6-9-17)19-16(18-3)20-10-5-7-13(2)12-20;/h13-15H,4-12H2,1-3H3,(H,18,19);1H. The van der Waals surface area contributed by atoms with Gasteiger partial charge >= 0.3 is 0 Å². The van der Waals surface area contributed by atoms with Crippen LogP contribution < -0.4 is 5.32 Å². The number of hydrogen-bond donors (Lipinski definition) is 1. The Kier molecular flexibility index (Phi) is 6.39. The van der Waals surface area contributed by atoms with Crippen LogP contribution in [0.4, 0.5) is 0 Å². The van der Waals surface area contributed by atoms with Crippen molar-refractivity contribution in [2.45, 2.75) is 64.5 Å². The second-order valence-corrected chi connectivity index (χ2v) is 7.20. The van der Waals surface area contributed by atoms with Crippen LogP contribution in [0, 0.1) is 11.3 Å². The molecule has 3 rings (SSSR count). The van der Waals surface area contributed by atoms with Gasteiger partial charge in [-0.2, -0.15) is 0 Å². The molecule has 0 amide bonds. The summed E-state index contributed by atoms with van der Waals surface area (Å²) in [5, 5.41) is 3.77. The van der Waals surface area contributed by atoms with E-state index in [9.17, 15) is 0 Å². The number of guanidine groups is 1. The molecule has 1 saturated heterocycles. The Morgan fingerprint density at radius 1 is 1.36 bits per heavy atom. The number of nitrogens with zero attached hydrogens (tertiary/aromatic N) is 2. The average molecular weight is 421 g/mol. The molecule has 3 aliphatic rings. The number of aliphatic imine (C=N–C) groups is 1. The van der Waals surface area contributed by atoms with Crippen molar-refractivity contribution in [3.05, 3.63) is 0 Å². The smallest absolute Gasteiger partial charge is 0.193 e. The first-order chi connectivity index (χ1) is 10.2. The molecule has 0 bridgehead atoms. The number of hydrogen-bond acceptors (Lipinski definition) is 2. The summed E-state index contributed by atoms with van der Waals surface area (Å²) in [4.78, 5) is 7.01. The number of halogens is 1. The molecule has 0 aromatic heterocycles. The van der Waals surface area contributed by atoms with E-state index in [1.54, 1.807) is 0 Å². The molecular formula is C17H32IN3O. The van der Waals surface area contributed by atoms with Crippen LogP contribution in [0.3, 0.4) is 0 Å². The van der Waals surface area contributed by atoms with Gasteiger partial charge in [0.25, 0.3) is 0 Å². The molecule has 3 unspecified atom stereocenters. The van der Waals surface area contributed by atoms with E-state index < -0.39 is 0 Å². The molecule has 1 N–H and O–H groups in total. The zero-order chi connectivity index (χ0) is 14.9. The maximum Gasteiger partial charge on any atom is 0.193 e. The number of rotatable bonds is 3. The molecule has 2 aliphatic carbocycles. The number of ether oxygens (including phenoxy) is 1. The number of nitrogens with one attached hydrogen (secondary N) is 1. The minimum Gasteiger partial charge on any atom is -0.378 e. The molecule has 1 heterocycles. The van der Waals surface area contributed by atoms with Gasteiger partial charge in [0.1, 0.15) is 0 Å². The van der Waals surface area contributed by atoms with Crippen molar-refractivity contribution in [1.82, 2.24) is 10.2 Å². The van der Waals surface area contributed by atoms with Gasteiger partial charge in [0.15, 0.2) is 5.96 Å². The SMILES string of the molecule is CCOC1CC(NC(=NC)N2CCCC(C)C2)C12CCC2.I. The van der Waals surface area contributed by atoms with E-state index in [1.807, 2.05) is 7.05 Å². The van der Waals surface area contributed by atoms with Crippen molar-refractivity contribution in [2.75, 3.05) is 26.7 Å². The quantitative estimate of drug-likeness (QED) is 0.432. The monoisotopic (exact) mass is 421 g/mol. The van der Waals surface area contributed by atoms with Crippen molar-refractivity contribution in [3.63, 3.8) is 0 Å². The van der Waals surface area contributed by atoms with Crippen LogP contribution in [0.2, 0.25) is 0 Å². The summed E-state index contributed by atoms with van der Waals surface area (Å²) in [5.74, 6) is 1.90. The fourth-order valence-corrected chi connectivity index (χ4v) is 4.48. The molecule has 0 aromatic carbocycles. The summed E-state index contributed by atoms with van der Waals surface area (Å²) in [7, 11) is 1.92. The maximum atomic E-state index is 5.95. The summed E-state index contributed by atoms with van der Waals surface area (Å²) in [6.07, 6.45) is 8.28. The minimum atomic E-state index is 0. The molecule has 0 aromatic rings. The third kappa shape index (κ3) is 3.25. The van der Waals surface area contributed by atoms with Gasteiger partial charge in [0.05, 0.1) is 6.10 Å². The van der Waals surface area contributed by atoms with Gasteiger partial charge in [-0.15, -0.1) is 24.0 Å². The summed E-state index contributed by atoms with van der Waals surface area (Å²) in [5.41, 5.74) is 0.410. The van der Waals surface area contributed by atoms with Crippen LogP contribution in [-0.4, -0.2) is 49.7 Å². The lowest BCUT2D eigenvalue weighted by molar-refractivity contribution is -0.169. The second kappa shape index (κ2) is 7.69. The highest BCUT2D eigenvalue weighted by Crippen LogP contribution is 2.57. The maximum absolute atomic E-state index is 5.95. The Bertz CT molecular complexity index is 397. The van der Waals surface area contributed by atoms with Gasteiger partial charge in [-0.1, -0.05) is 13.3 Å². The molecule has 2 saturated carbocycles. The topological polar surface area (TPSA) is 36.9 Å². The Balaban J connectivity index is 0.00000176. The molecule has 3 atom stereocenters. The van der Waals surface area contributed by atoms with E-state index in [2.05, 4.69) is 29.1 Å². The highest BCUT2D eigenvalue weighted by molar-refractivity contribution is 14.0. The molecule has 1 spiro atoms. The minimum absolute atomic E-state index is 0. The molecule has 5 heteroatoms. The Hall–Kier alpha value is -0.0400. The van der Waals surface area contributed by atoms with Gasteiger partial charge in [0, 0.05) is 38.2 Å². The van der Waals surface area contributed by atoms with Gasteiger partial charge in [-0.05, 0) is 44.9 Å². The number of piperidine rings is 1. The van der Waals surface area contributed by atoms with Crippen molar-refractivity contribution >= 4 is 29.9 Å². The average Bonchev–Trinajstić information content (AvgIpc) is 2.40. The van der Waals surface area contributed by atoms with E-state index in [4.69, 9.17) is 4.74 Å². The van der Waals surface area contributed by atoms with Crippen LogP contribution >= 0.6 is 24.0 Å². The van der Waals surface area contributed by atoms with Crippen molar-refractivity contribution in [2.24, 2.45) is 16.3 Å². The fraction of sp³-hybridized carbons (Fsp3) is 0.941. The molecular weight excluding hydrogens is 389 g/mol. The van der Waals surface area contributed by atoms with Crippen molar-refractivity contribution in [1.29, 1.82) is 0 Å². The zero-order valence-electron chi connectivity index (χ0n) is 14.3. The summed E-state index contributed by atoms with van der Waals surface area (Å²) < 4.78 is 5.95. The first kappa shape index (κ1) is 18.3. The highest BCUT2D eigenvalue weighted by Gasteiger charge is 2.59. The van der Waals surface area contributed by atoms with E-state index >= 15 is 0 Å². The largest absolute Gasteiger partial charge is 0.378 e. The number of likely N-dealkylation sites (tertiary alicyclic amines) is 1. The Morgan fingerprint density at radius 3 is 2.68 bits per heavy atom. The summed E-state index contributed by atoms with van der Waals surface area (Å²) >= 11 is 0. The lowest BCUT2D eigenvalue weighted by Gasteiger charge is -2.61. The van der Waals surface area contributed by atoms with Crippen LogP contribution in [0.1, 0.15) is 52.4 Å². The van der Waals surface area contributed by atoms with Gasteiger partial charge in [0.2, 0.25) is 0 Å². The first-order valence-electron chi connectivity index (χ1n) is 8.79. The van der Waals surface area contributed by atoms with E-state index in [-0.39, 0.29) is 24.0 Å². The first-order valence-corrected chi connectivity index (χ1v) is 8.79. The van der Waals surface area contributed by atoms with Crippen LogP contribution in [0.25, 0.3) is 0 Å². The van der Waals surface area contributed by atoms with Gasteiger partial charge in [-0.25, -0.2) is 0 Å². The Labute approximate surface area is 152 Å². The second-order valence-electron chi connectivity index (χ2n) is 7.20. The van der Waals surface area contributed by atoms with Crippen molar-refractivity contribution < 1.29 is 4.74 Å². The van der Waals surface area contributed by atoms with Crippen LogP contribution in [-0.2, 0) is 4.74 Å². The molecule has 128 valence electrons. The predicted molar refractivity (Wildman–Crippen MR) is 102 cm³/mol. The third-order valence-electron chi connectivity index (χ3n) is 5.91. The van der Waals surface area contributed by atoms with E-state index in [1.165, 1.54) is 32.1 Å². The van der Waals surface area contributed by atoms with Crippen LogP contribution in [0.15, 0.2) is 4.99 Å². The lowest BCUT2D eigenvalue weighted by Crippen LogP contribution is -2.69. The normalized spacial score (nSPS) is 33.7. The molecule has 4 nitrogen and oxygen atoms in total. The molecule has 3 fully saturated rings. The lowest BCUT2D eigenvalue weighted by atomic mass is 9.51. The van der Waals surface area contributed by atoms with E-state index in [0.29, 0.717) is 17.6 Å². The Morgan fingerprint density at radius 2 is 2.14 bits per heavy atom. The summed E-state index contributed by atoms with van der Waals surface area (Å²) in [6, 6.07) is 0.568. The fourth-order valence-electron chi connectivity index (χ4n) is 4.48. The third-order valence-corrected chi connectivity index (χ3v) is 5.91. The summed E-state index contributed by atoms with van der Waals surface area (Å²) in [6.45, 7) is 7.60. The highest BCUT2D eigenvalue weighted by atomic mass is 127.